The summed E-state index contributed by atoms with van der Waals surface area (Å²) in [6.07, 6.45) is 3.46. The van der Waals surface area contributed by atoms with Gasteiger partial charge in [-0.05, 0) is 44.4 Å². The Hall–Kier alpha value is -2.34. The zero-order valence-corrected chi connectivity index (χ0v) is 15.9. The Kier molecular flexibility index (Phi) is 5.16. The smallest absolute Gasteiger partial charge is 0.289 e. The molecule has 0 bridgehead atoms. The fraction of sp³-hybridized carbons (Fsp3) is 0.524. The minimum absolute atomic E-state index is 0.0640. The first-order chi connectivity index (χ1) is 13.1. The van der Waals surface area contributed by atoms with E-state index in [9.17, 15) is 9.59 Å². The van der Waals surface area contributed by atoms with E-state index in [1.54, 1.807) is 0 Å². The Morgan fingerprint density at radius 1 is 0.926 bits per heavy atom. The summed E-state index contributed by atoms with van der Waals surface area (Å²) in [5, 5.41) is 0.962. The summed E-state index contributed by atoms with van der Waals surface area (Å²) < 4.78 is 5.74. The maximum Gasteiger partial charge on any atom is 0.289 e. The summed E-state index contributed by atoms with van der Waals surface area (Å²) in [6, 6.07) is 7.75. The van der Waals surface area contributed by atoms with E-state index >= 15 is 0 Å². The standard InChI is InChI=1S/C21H27N3O3/c1-16-5-6-18-17(13-16)14-19(27-18)21(26)24-11-9-22(10-12-24)15-20(25)23-7-3-2-4-8-23/h5-6,13-14H,2-4,7-12,15H2,1H3. The molecular weight excluding hydrogens is 342 g/mol. The summed E-state index contributed by atoms with van der Waals surface area (Å²) in [7, 11) is 0. The van der Waals surface area contributed by atoms with Gasteiger partial charge in [-0.2, -0.15) is 0 Å². The van der Waals surface area contributed by atoms with E-state index in [1.807, 2.05) is 41.0 Å². The third-order valence-electron chi connectivity index (χ3n) is 5.61. The second kappa shape index (κ2) is 7.72. The van der Waals surface area contributed by atoms with Crippen LogP contribution in [0.5, 0.6) is 0 Å². The molecule has 1 aromatic heterocycles. The molecule has 2 aromatic rings. The van der Waals surface area contributed by atoms with Crippen LogP contribution in [-0.2, 0) is 4.79 Å². The second-order valence-corrected chi connectivity index (χ2v) is 7.66. The van der Waals surface area contributed by atoms with E-state index in [-0.39, 0.29) is 11.8 Å². The van der Waals surface area contributed by atoms with Crippen molar-refractivity contribution in [2.75, 3.05) is 45.8 Å². The molecule has 0 unspecified atom stereocenters. The Labute approximate surface area is 159 Å². The van der Waals surface area contributed by atoms with Gasteiger partial charge >= 0.3 is 0 Å². The van der Waals surface area contributed by atoms with Crippen LogP contribution in [0.4, 0.5) is 0 Å². The molecule has 4 rings (SSSR count). The van der Waals surface area contributed by atoms with E-state index in [2.05, 4.69) is 4.90 Å². The Morgan fingerprint density at radius 2 is 1.67 bits per heavy atom. The normalized spacial score (nSPS) is 18.9. The number of hydrogen-bond acceptors (Lipinski definition) is 4. The van der Waals surface area contributed by atoms with Crippen molar-refractivity contribution in [1.82, 2.24) is 14.7 Å². The third kappa shape index (κ3) is 4.00. The Bertz CT molecular complexity index is 830. The molecule has 0 N–H and O–H groups in total. The zero-order valence-electron chi connectivity index (χ0n) is 15.9. The molecule has 0 spiro atoms. The maximum absolute atomic E-state index is 12.8. The first-order valence-electron chi connectivity index (χ1n) is 9.90. The molecule has 3 heterocycles. The highest BCUT2D eigenvalue weighted by Crippen LogP contribution is 2.22. The third-order valence-corrected chi connectivity index (χ3v) is 5.61. The van der Waals surface area contributed by atoms with E-state index < -0.39 is 0 Å². The molecule has 2 saturated heterocycles. The Balaban J connectivity index is 1.32. The van der Waals surface area contributed by atoms with Gasteiger partial charge in [0, 0.05) is 44.7 Å². The van der Waals surface area contributed by atoms with Gasteiger partial charge in [0.25, 0.3) is 5.91 Å². The predicted octanol–water partition coefficient (Wildman–Crippen LogP) is 2.51. The number of nitrogens with zero attached hydrogens (tertiary/aromatic N) is 3. The van der Waals surface area contributed by atoms with Gasteiger partial charge in [-0.25, -0.2) is 0 Å². The molecule has 0 radical (unpaired) electrons. The lowest BCUT2D eigenvalue weighted by molar-refractivity contribution is -0.133. The van der Waals surface area contributed by atoms with Gasteiger partial charge in [-0.1, -0.05) is 11.6 Å². The minimum Gasteiger partial charge on any atom is -0.451 e. The quantitative estimate of drug-likeness (QED) is 0.834. The van der Waals surface area contributed by atoms with Crippen LogP contribution < -0.4 is 0 Å². The molecule has 2 aliphatic rings. The lowest BCUT2D eigenvalue weighted by atomic mass is 10.1. The van der Waals surface area contributed by atoms with Crippen molar-refractivity contribution >= 4 is 22.8 Å². The van der Waals surface area contributed by atoms with Gasteiger partial charge in [0.2, 0.25) is 5.91 Å². The highest BCUT2D eigenvalue weighted by molar-refractivity contribution is 5.96. The first kappa shape index (κ1) is 18.0. The number of carbonyl (C=O) groups is 2. The van der Waals surface area contributed by atoms with Crippen molar-refractivity contribution in [3.05, 3.63) is 35.6 Å². The zero-order chi connectivity index (χ0) is 18.8. The molecule has 6 heteroatoms. The van der Waals surface area contributed by atoms with E-state index in [0.717, 1.165) is 55.6 Å². The van der Waals surface area contributed by atoms with Gasteiger partial charge in [-0.15, -0.1) is 0 Å². The number of fused-ring (bicyclic) bond motifs is 1. The van der Waals surface area contributed by atoms with Gasteiger partial charge in [-0.3, -0.25) is 14.5 Å². The monoisotopic (exact) mass is 369 g/mol. The van der Waals surface area contributed by atoms with Crippen LogP contribution >= 0.6 is 0 Å². The fourth-order valence-electron chi connectivity index (χ4n) is 3.97. The number of amides is 2. The van der Waals surface area contributed by atoms with Crippen LogP contribution in [0.3, 0.4) is 0 Å². The molecule has 6 nitrogen and oxygen atoms in total. The Morgan fingerprint density at radius 3 is 2.41 bits per heavy atom. The topological polar surface area (TPSA) is 57.0 Å². The fourth-order valence-corrected chi connectivity index (χ4v) is 3.97. The molecule has 0 saturated carbocycles. The van der Waals surface area contributed by atoms with Crippen LogP contribution in [-0.4, -0.2) is 72.3 Å². The summed E-state index contributed by atoms with van der Waals surface area (Å²) in [4.78, 5) is 31.2. The highest BCUT2D eigenvalue weighted by atomic mass is 16.3. The van der Waals surface area contributed by atoms with Crippen molar-refractivity contribution in [3.8, 4) is 0 Å². The largest absolute Gasteiger partial charge is 0.451 e. The number of aryl methyl sites for hydroxylation is 1. The number of rotatable bonds is 3. The van der Waals surface area contributed by atoms with Crippen molar-refractivity contribution in [3.63, 3.8) is 0 Å². The molecule has 1 aromatic carbocycles. The number of piperazine rings is 1. The van der Waals surface area contributed by atoms with Crippen molar-refractivity contribution < 1.29 is 14.0 Å². The maximum atomic E-state index is 12.8. The number of likely N-dealkylation sites (tertiary alicyclic amines) is 1. The SMILES string of the molecule is Cc1ccc2oc(C(=O)N3CCN(CC(=O)N4CCCCC4)CC3)cc2c1. The minimum atomic E-state index is -0.0640. The highest BCUT2D eigenvalue weighted by Gasteiger charge is 2.26. The van der Waals surface area contributed by atoms with Crippen LogP contribution in [0.25, 0.3) is 11.0 Å². The second-order valence-electron chi connectivity index (χ2n) is 7.66. The average molecular weight is 369 g/mol. The number of hydrogen-bond donors (Lipinski definition) is 0. The summed E-state index contributed by atoms with van der Waals surface area (Å²) in [6.45, 7) is 6.98. The van der Waals surface area contributed by atoms with Crippen LogP contribution in [0, 0.1) is 6.92 Å². The predicted molar refractivity (Wildman–Crippen MR) is 104 cm³/mol. The molecule has 144 valence electrons. The number of furan rings is 1. The molecular formula is C21H27N3O3. The molecule has 2 amide bonds. The summed E-state index contributed by atoms with van der Waals surface area (Å²) in [5.41, 5.74) is 1.89. The van der Waals surface area contributed by atoms with Crippen molar-refractivity contribution in [2.24, 2.45) is 0 Å². The van der Waals surface area contributed by atoms with Gasteiger partial charge in [0.15, 0.2) is 5.76 Å². The molecule has 2 aliphatic heterocycles. The first-order valence-corrected chi connectivity index (χ1v) is 9.90. The van der Waals surface area contributed by atoms with Crippen LogP contribution in [0.2, 0.25) is 0 Å². The van der Waals surface area contributed by atoms with Crippen molar-refractivity contribution in [2.45, 2.75) is 26.2 Å². The molecule has 0 aliphatic carbocycles. The van der Waals surface area contributed by atoms with E-state index in [0.29, 0.717) is 25.4 Å². The summed E-state index contributed by atoms with van der Waals surface area (Å²) in [5.74, 6) is 0.557. The average Bonchev–Trinajstić information content (AvgIpc) is 3.12. The van der Waals surface area contributed by atoms with Crippen molar-refractivity contribution in [1.29, 1.82) is 0 Å². The molecule has 27 heavy (non-hydrogen) atoms. The number of piperidine rings is 1. The lowest BCUT2D eigenvalue weighted by Crippen LogP contribution is -2.52. The van der Waals surface area contributed by atoms with E-state index in [1.165, 1.54) is 6.42 Å². The lowest BCUT2D eigenvalue weighted by Gasteiger charge is -2.35. The van der Waals surface area contributed by atoms with Gasteiger partial charge in [0.05, 0.1) is 6.54 Å². The van der Waals surface area contributed by atoms with Crippen LogP contribution in [0.15, 0.2) is 28.7 Å². The molecule has 2 fully saturated rings. The van der Waals surface area contributed by atoms with Gasteiger partial charge in [0.1, 0.15) is 5.58 Å². The van der Waals surface area contributed by atoms with Crippen LogP contribution in [0.1, 0.15) is 35.4 Å². The summed E-state index contributed by atoms with van der Waals surface area (Å²) >= 11 is 0. The molecule has 0 atom stereocenters. The number of carbonyl (C=O) groups excluding carboxylic acids is 2. The van der Waals surface area contributed by atoms with E-state index in [4.69, 9.17) is 4.42 Å². The van der Waals surface area contributed by atoms with Gasteiger partial charge < -0.3 is 14.2 Å². The number of benzene rings is 1.